The zero-order valence-corrected chi connectivity index (χ0v) is 15.8. The highest BCUT2D eigenvalue weighted by Gasteiger charge is 2.16. The predicted octanol–water partition coefficient (Wildman–Crippen LogP) is 5.03. The minimum Gasteiger partial charge on any atom is -0.497 e. The summed E-state index contributed by atoms with van der Waals surface area (Å²) in [4.78, 5) is 4.72. The van der Waals surface area contributed by atoms with E-state index in [1.54, 1.807) is 23.1 Å². The molecule has 4 aromatic rings. The van der Waals surface area contributed by atoms with E-state index in [2.05, 4.69) is 10.3 Å². The van der Waals surface area contributed by atoms with E-state index < -0.39 is 0 Å². The van der Waals surface area contributed by atoms with Gasteiger partial charge < -0.3 is 4.74 Å². The summed E-state index contributed by atoms with van der Waals surface area (Å²) in [5.41, 5.74) is 4.52. The third-order valence-corrected chi connectivity index (χ3v) is 5.14. The van der Waals surface area contributed by atoms with Crippen LogP contribution in [0.4, 0.5) is 0 Å². The van der Waals surface area contributed by atoms with Gasteiger partial charge in [-0.05, 0) is 31.2 Å². The van der Waals surface area contributed by atoms with Crippen LogP contribution in [0, 0.1) is 6.92 Å². The quantitative estimate of drug-likeness (QED) is 0.496. The summed E-state index contributed by atoms with van der Waals surface area (Å²) in [7, 11) is 1.65. The highest BCUT2D eigenvalue weighted by molar-refractivity contribution is 7.13. The fraction of sp³-hybridized carbons (Fsp3) is 0.105. The van der Waals surface area contributed by atoms with Gasteiger partial charge in [0.05, 0.1) is 24.2 Å². The molecule has 0 aliphatic rings. The van der Waals surface area contributed by atoms with Gasteiger partial charge in [-0.2, -0.15) is 0 Å². The van der Waals surface area contributed by atoms with Crippen molar-refractivity contribution in [2.75, 3.05) is 7.11 Å². The van der Waals surface area contributed by atoms with Crippen molar-refractivity contribution >= 4 is 22.9 Å². The van der Waals surface area contributed by atoms with Crippen molar-refractivity contribution in [2.24, 2.45) is 0 Å². The van der Waals surface area contributed by atoms with Crippen LogP contribution in [0.15, 0.2) is 53.9 Å². The molecule has 0 bridgehead atoms. The average Bonchev–Trinajstić information content (AvgIpc) is 3.29. The number of aromatic nitrogens is 4. The number of thiazole rings is 1. The molecule has 0 saturated heterocycles. The van der Waals surface area contributed by atoms with Crippen molar-refractivity contribution in [3.63, 3.8) is 0 Å². The van der Waals surface area contributed by atoms with Crippen molar-refractivity contribution in [2.45, 2.75) is 6.92 Å². The van der Waals surface area contributed by atoms with Crippen LogP contribution in [0.2, 0.25) is 5.02 Å². The highest BCUT2D eigenvalue weighted by atomic mass is 35.5. The average molecular weight is 383 g/mol. The minimum absolute atomic E-state index is 0.710. The summed E-state index contributed by atoms with van der Waals surface area (Å²) in [6, 6.07) is 15.4. The van der Waals surface area contributed by atoms with E-state index in [0.717, 1.165) is 39.1 Å². The number of benzene rings is 2. The third kappa shape index (κ3) is 3.09. The lowest BCUT2D eigenvalue weighted by molar-refractivity contribution is 0.414. The van der Waals surface area contributed by atoms with E-state index in [9.17, 15) is 0 Å². The summed E-state index contributed by atoms with van der Waals surface area (Å²) < 4.78 is 7.08. The van der Waals surface area contributed by atoms with Crippen LogP contribution in [0.5, 0.6) is 5.75 Å². The zero-order valence-electron chi connectivity index (χ0n) is 14.2. The Hall–Kier alpha value is -2.70. The Kier molecular flexibility index (Phi) is 4.44. The van der Waals surface area contributed by atoms with Crippen molar-refractivity contribution in [1.29, 1.82) is 0 Å². The lowest BCUT2D eigenvalue weighted by atomic mass is 10.2. The molecule has 0 aliphatic heterocycles. The van der Waals surface area contributed by atoms with Gasteiger partial charge in [0.15, 0.2) is 0 Å². The number of hydrogen-bond acceptors (Lipinski definition) is 5. The number of hydrogen-bond donors (Lipinski definition) is 0. The van der Waals surface area contributed by atoms with Crippen LogP contribution in [0.25, 0.3) is 27.6 Å². The van der Waals surface area contributed by atoms with Crippen LogP contribution < -0.4 is 4.74 Å². The SMILES string of the molecule is COc1cccc(-n2nnc(-c3nc(-c4ccc(Cl)cc4)cs3)c2C)c1. The van der Waals surface area contributed by atoms with Gasteiger partial charge in [0, 0.05) is 22.0 Å². The molecule has 2 heterocycles. The molecule has 130 valence electrons. The van der Waals surface area contributed by atoms with Gasteiger partial charge in [-0.25, -0.2) is 9.67 Å². The largest absolute Gasteiger partial charge is 0.497 e. The summed E-state index contributed by atoms with van der Waals surface area (Å²) in [6.07, 6.45) is 0. The van der Waals surface area contributed by atoms with E-state index in [1.165, 1.54) is 0 Å². The maximum absolute atomic E-state index is 5.96. The Morgan fingerprint density at radius 2 is 1.92 bits per heavy atom. The molecule has 0 unspecified atom stereocenters. The normalized spacial score (nSPS) is 10.9. The third-order valence-electron chi connectivity index (χ3n) is 4.04. The van der Waals surface area contributed by atoms with Crippen molar-refractivity contribution < 1.29 is 4.74 Å². The van der Waals surface area contributed by atoms with E-state index in [1.807, 2.05) is 60.8 Å². The first-order valence-electron chi connectivity index (χ1n) is 7.94. The monoisotopic (exact) mass is 382 g/mol. The molecule has 7 heteroatoms. The first kappa shape index (κ1) is 16.8. The van der Waals surface area contributed by atoms with Gasteiger partial charge in [0.2, 0.25) is 0 Å². The Bertz CT molecular complexity index is 1060. The number of halogens is 1. The van der Waals surface area contributed by atoms with E-state index >= 15 is 0 Å². The van der Waals surface area contributed by atoms with Crippen LogP contribution in [-0.2, 0) is 0 Å². The van der Waals surface area contributed by atoms with Crippen LogP contribution in [0.1, 0.15) is 5.69 Å². The molecule has 0 saturated carbocycles. The molecule has 2 aromatic carbocycles. The van der Waals surface area contributed by atoms with Crippen molar-refractivity contribution in [1.82, 2.24) is 20.0 Å². The van der Waals surface area contributed by atoms with Gasteiger partial charge in [-0.1, -0.05) is 35.0 Å². The van der Waals surface area contributed by atoms with Gasteiger partial charge in [-0.15, -0.1) is 16.4 Å². The lowest BCUT2D eigenvalue weighted by Crippen LogP contribution is -1.99. The van der Waals surface area contributed by atoms with E-state index in [-0.39, 0.29) is 0 Å². The number of methoxy groups -OCH3 is 1. The Labute approximate surface area is 159 Å². The zero-order chi connectivity index (χ0) is 18.1. The van der Waals surface area contributed by atoms with Crippen molar-refractivity contribution in [3.05, 3.63) is 64.6 Å². The number of nitrogens with zero attached hydrogens (tertiary/aromatic N) is 4. The molecule has 0 N–H and O–H groups in total. The van der Waals surface area contributed by atoms with Gasteiger partial charge >= 0.3 is 0 Å². The van der Waals surface area contributed by atoms with Crippen LogP contribution >= 0.6 is 22.9 Å². The number of rotatable bonds is 4. The molecular weight excluding hydrogens is 368 g/mol. The van der Waals surface area contributed by atoms with Gasteiger partial charge in [0.1, 0.15) is 16.5 Å². The second kappa shape index (κ2) is 6.90. The van der Waals surface area contributed by atoms with Crippen LogP contribution in [0.3, 0.4) is 0 Å². The molecule has 5 nitrogen and oxygen atoms in total. The Balaban J connectivity index is 1.69. The highest BCUT2D eigenvalue weighted by Crippen LogP contribution is 2.30. The predicted molar refractivity (Wildman–Crippen MR) is 104 cm³/mol. The second-order valence-corrected chi connectivity index (χ2v) is 6.98. The molecular formula is C19H15ClN4OS. The molecule has 0 fully saturated rings. The summed E-state index contributed by atoms with van der Waals surface area (Å²) in [5.74, 6) is 0.776. The van der Waals surface area contributed by atoms with Crippen molar-refractivity contribution in [3.8, 4) is 33.4 Å². The maximum atomic E-state index is 5.96. The molecule has 26 heavy (non-hydrogen) atoms. The lowest BCUT2D eigenvalue weighted by Gasteiger charge is -2.05. The Morgan fingerprint density at radius 1 is 1.12 bits per heavy atom. The van der Waals surface area contributed by atoms with E-state index in [0.29, 0.717) is 5.02 Å². The molecule has 0 radical (unpaired) electrons. The summed E-state index contributed by atoms with van der Waals surface area (Å²) >= 11 is 7.50. The smallest absolute Gasteiger partial charge is 0.146 e. The fourth-order valence-corrected chi connectivity index (χ4v) is 3.64. The molecule has 4 rings (SSSR count). The molecule has 0 amide bonds. The van der Waals surface area contributed by atoms with Crippen LogP contribution in [-0.4, -0.2) is 27.1 Å². The topological polar surface area (TPSA) is 52.8 Å². The second-order valence-electron chi connectivity index (χ2n) is 5.68. The Morgan fingerprint density at radius 3 is 2.69 bits per heavy atom. The van der Waals surface area contributed by atoms with E-state index in [4.69, 9.17) is 21.3 Å². The summed E-state index contributed by atoms with van der Waals surface area (Å²) in [5, 5.41) is 12.2. The molecule has 2 aromatic heterocycles. The molecule has 0 aliphatic carbocycles. The minimum atomic E-state index is 0.710. The molecule has 0 atom stereocenters. The first-order valence-corrected chi connectivity index (χ1v) is 9.20. The fourth-order valence-electron chi connectivity index (χ4n) is 2.65. The maximum Gasteiger partial charge on any atom is 0.146 e. The van der Waals surface area contributed by atoms with Gasteiger partial charge in [0.25, 0.3) is 0 Å². The number of ether oxygens (including phenoxy) is 1. The van der Waals surface area contributed by atoms with Gasteiger partial charge in [-0.3, -0.25) is 0 Å². The standard InChI is InChI=1S/C19H15ClN4OS/c1-12-18(22-23-24(12)15-4-3-5-16(10-15)25-2)19-21-17(11-26-19)13-6-8-14(20)9-7-13/h3-11H,1-2H3. The summed E-state index contributed by atoms with van der Waals surface area (Å²) in [6.45, 7) is 1.98. The molecule has 0 spiro atoms. The first-order chi connectivity index (χ1) is 12.7.